The smallest absolute Gasteiger partial charge is 0.279 e. The molecule has 0 aromatic heterocycles. The maximum atomic E-state index is 14.3. The van der Waals surface area contributed by atoms with Crippen LogP contribution in [0.15, 0.2) is 60.7 Å². The van der Waals surface area contributed by atoms with Gasteiger partial charge in [0, 0.05) is 25.7 Å². The Morgan fingerprint density at radius 1 is 0.545 bits per heavy atom. The van der Waals surface area contributed by atoms with E-state index in [2.05, 4.69) is 10.6 Å². The number of hydroxylamine groups is 6. The van der Waals surface area contributed by atoms with Crippen molar-refractivity contribution in [2.75, 3.05) is 13.1 Å². The van der Waals surface area contributed by atoms with Gasteiger partial charge in [0.1, 0.15) is 0 Å². The lowest BCUT2D eigenvalue weighted by Gasteiger charge is -2.51. The molecule has 8 nitrogen and oxygen atoms in total. The summed E-state index contributed by atoms with van der Waals surface area (Å²) in [4.78, 5) is 28.4. The summed E-state index contributed by atoms with van der Waals surface area (Å²) in [7, 11) is 0. The number of likely N-dealkylation sites (tertiary alicyclic amines) is 2. The molecule has 8 heteroatoms. The van der Waals surface area contributed by atoms with Crippen molar-refractivity contribution in [2.24, 2.45) is 0 Å². The average molecular weight is 603 g/mol. The molecule has 2 unspecified atom stereocenters. The van der Waals surface area contributed by atoms with Crippen molar-refractivity contribution in [1.29, 1.82) is 0 Å². The number of nitrogens with one attached hydrogen (secondary N) is 2. The molecule has 0 spiro atoms. The zero-order chi connectivity index (χ0) is 30.6. The fourth-order valence-corrected chi connectivity index (χ4v) is 8.92. The van der Waals surface area contributed by atoms with Crippen LogP contribution in [0.3, 0.4) is 0 Å². The number of hydrogen-bond acceptors (Lipinski definition) is 4. The summed E-state index contributed by atoms with van der Waals surface area (Å²) in [6.45, 7) is 0.980. The molecule has 6 rings (SSSR count). The molecule has 2 heterocycles. The van der Waals surface area contributed by atoms with Crippen LogP contribution in [0.4, 0.5) is 0 Å². The maximum Gasteiger partial charge on any atom is 0.279 e. The van der Waals surface area contributed by atoms with Crippen LogP contribution in [0.25, 0.3) is 0 Å². The second-order valence-electron chi connectivity index (χ2n) is 13.8. The molecule has 2 saturated carbocycles. The molecule has 2 aliphatic heterocycles. The first kappa shape index (κ1) is 31.2. The summed E-state index contributed by atoms with van der Waals surface area (Å²) in [5, 5.41) is 35.3. The molecule has 2 saturated heterocycles. The molecule has 4 fully saturated rings. The van der Waals surface area contributed by atoms with Crippen LogP contribution in [0, 0.1) is 10.4 Å². The van der Waals surface area contributed by atoms with Gasteiger partial charge in [0.15, 0.2) is 12.1 Å². The summed E-state index contributed by atoms with van der Waals surface area (Å²) in [6.07, 6.45) is 12.7. The monoisotopic (exact) mass is 602 g/mol. The number of hydrogen-bond donors (Lipinski definition) is 2. The molecular formula is C36H50N4O4. The molecule has 2 N–H and O–H groups in total. The minimum Gasteiger partial charge on any atom is -0.632 e. The van der Waals surface area contributed by atoms with Gasteiger partial charge in [-0.3, -0.25) is 9.59 Å². The largest absolute Gasteiger partial charge is 0.632 e. The molecule has 0 radical (unpaired) electrons. The standard InChI is InChI=1S/C36H50N4O4/c41-35(31-23-13-25-39(31,43)29-19-9-3-10-20-29)37-33(27-15-5-1-6-16-27)34(28-17-7-2-8-18-28)38-36(42)32-24-14-26-40(32,44)30-21-11-4-12-22-30/h1-2,5-8,15-18,29-34H,3-4,9-14,19-26H2,(H,37,41)(H,38,42)/t31-,32-,33-,34-,39?,40?/m0/s1. The van der Waals surface area contributed by atoms with Gasteiger partial charge in [-0.1, -0.05) is 73.5 Å². The molecule has 2 aliphatic carbocycles. The average Bonchev–Trinajstić information content (AvgIpc) is 3.68. The summed E-state index contributed by atoms with van der Waals surface area (Å²) in [5.41, 5.74) is 1.72. The van der Waals surface area contributed by atoms with Crippen molar-refractivity contribution >= 4 is 11.8 Å². The van der Waals surface area contributed by atoms with Crippen molar-refractivity contribution in [3.05, 3.63) is 82.2 Å². The summed E-state index contributed by atoms with van der Waals surface area (Å²) < 4.78 is -0.843. The number of amides is 2. The fourth-order valence-electron chi connectivity index (χ4n) is 8.92. The van der Waals surface area contributed by atoms with Gasteiger partial charge in [-0.15, -0.1) is 0 Å². The Bertz CT molecular complexity index is 1150. The highest BCUT2D eigenvalue weighted by atomic mass is 16.6. The Morgan fingerprint density at radius 3 is 1.27 bits per heavy atom. The Morgan fingerprint density at radius 2 is 0.909 bits per heavy atom. The molecule has 238 valence electrons. The van der Waals surface area contributed by atoms with Crippen molar-refractivity contribution < 1.29 is 18.9 Å². The highest BCUT2D eigenvalue weighted by molar-refractivity contribution is 5.83. The molecule has 2 aromatic carbocycles. The zero-order valence-corrected chi connectivity index (χ0v) is 26.1. The molecule has 2 aromatic rings. The van der Waals surface area contributed by atoms with Crippen LogP contribution in [0.1, 0.15) is 113 Å². The third-order valence-electron chi connectivity index (χ3n) is 11.3. The van der Waals surface area contributed by atoms with Crippen LogP contribution in [0.2, 0.25) is 0 Å². The van der Waals surface area contributed by atoms with Crippen molar-refractivity contribution in [2.45, 2.75) is 126 Å². The summed E-state index contributed by atoms with van der Waals surface area (Å²) in [6, 6.07) is 16.9. The van der Waals surface area contributed by atoms with E-state index in [9.17, 15) is 20.0 Å². The van der Waals surface area contributed by atoms with Gasteiger partial charge < -0.3 is 30.3 Å². The molecule has 6 atom stereocenters. The predicted molar refractivity (Wildman–Crippen MR) is 171 cm³/mol. The van der Waals surface area contributed by atoms with Gasteiger partial charge in [0.2, 0.25) is 0 Å². The van der Waals surface area contributed by atoms with Crippen LogP contribution >= 0.6 is 0 Å². The van der Waals surface area contributed by atoms with E-state index in [0.29, 0.717) is 25.9 Å². The summed E-state index contributed by atoms with van der Waals surface area (Å²) >= 11 is 0. The van der Waals surface area contributed by atoms with Crippen LogP contribution in [-0.4, -0.2) is 58.4 Å². The topological polar surface area (TPSA) is 104 Å². The third-order valence-corrected chi connectivity index (χ3v) is 11.3. The Labute approximate surface area is 262 Å². The Hall–Kier alpha value is -2.78. The number of nitrogens with zero attached hydrogens (tertiary/aromatic N) is 2. The normalized spacial score (nSPS) is 31.3. The first-order chi connectivity index (χ1) is 21.4. The maximum absolute atomic E-state index is 14.3. The number of carbonyl (C=O) groups excluding carboxylic acids is 2. The van der Waals surface area contributed by atoms with E-state index < -0.39 is 33.5 Å². The SMILES string of the molecule is O=C(N[C@@H](c1ccccc1)[C@@H](NC(=O)[C@@H]1CCC[N+]1([O-])C1CCCCC1)c1ccccc1)[C@@H]1CCC[N+]1([O-])C1CCCCC1. The van der Waals surface area contributed by atoms with Gasteiger partial charge in [0.05, 0.1) is 37.3 Å². The van der Waals surface area contributed by atoms with Gasteiger partial charge in [-0.2, -0.15) is 0 Å². The van der Waals surface area contributed by atoms with E-state index in [1.165, 1.54) is 0 Å². The van der Waals surface area contributed by atoms with Crippen LogP contribution in [0.5, 0.6) is 0 Å². The Kier molecular flexibility index (Phi) is 9.71. The molecule has 4 aliphatic rings. The lowest BCUT2D eigenvalue weighted by atomic mass is 9.91. The van der Waals surface area contributed by atoms with Gasteiger partial charge >= 0.3 is 0 Å². The first-order valence-electron chi connectivity index (χ1n) is 17.3. The molecule has 0 bridgehead atoms. The third kappa shape index (κ3) is 6.32. The summed E-state index contributed by atoms with van der Waals surface area (Å²) in [5.74, 6) is -0.465. The lowest BCUT2D eigenvalue weighted by Crippen LogP contribution is -2.61. The molecule has 2 amide bonds. The quantitative estimate of drug-likeness (QED) is 0.259. The number of benzene rings is 2. The van der Waals surface area contributed by atoms with Crippen molar-refractivity contribution in [3.8, 4) is 0 Å². The van der Waals surface area contributed by atoms with E-state index in [4.69, 9.17) is 0 Å². The van der Waals surface area contributed by atoms with Crippen molar-refractivity contribution in [1.82, 2.24) is 10.6 Å². The van der Waals surface area contributed by atoms with Crippen LogP contribution < -0.4 is 10.6 Å². The van der Waals surface area contributed by atoms with E-state index in [1.807, 2.05) is 60.7 Å². The van der Waals surface area contributed by atoms with E-state index >= 15 is 0 Å². The minimum atomic E-state index is -0.650. The second-order valence-corrected chi connectivity index (χ2v) is 13.8. The predicted octanol–water partition coefficient (Wildman–Crippen LogP) is 6.32. The number of quaternary nitrogens is 2. The highest BCUT2D eigenvalue weighted by Crippen LogP contribution is 2.39. The minimum absolute atomic E-state index is 0.0214. The van der Waals surface area contributed by atoms with Gasteiger partial charge in [-0.25, -0.2) is 0 Å². The van der Waals surface area contributed by atoms with Crippen molar-refractivity contribution in [3.63, 3.8) is 0 Å². The van der Waals surface area contributed by atoms with Gasteiger partial charge in [-0.05, 0) is 62.5 Å². The number of carbonyl (C=O) groups is 2. The number of rotatable bonds is 9. The highest BCUT2D eigenvalue weighted by Gasteiger charge is 2.48. The van der Waals surface area contributed by atoms with E-state index in [0.717, 1.165) is 88.2 Å². The molecule has 44 heavy (non-hydrogen) atoms. The lowest BCUT2D eigenvalue weighted by molar-refractivity contribution is -0.909. The van der Waals surface area contributed by atoms with E-state index in [-0.39, 0.29) is 23.9 Å². The first-order valence-corrected chi connectivity index (χ1v) is 17.3. The van der Waals surface area contributed by atoms with E-state index in [1.54, 1.807) is 0 Å². The Balaban J connectivity index is 1.29. The fraction of sp³-hybridized carbons (Fsp3) is 0.611. The zero-order valence-electron chi connectivity index (χ0n) is 26.1. The van der Waals surface area contributed by atoms with Crippen LogP contribution in [-0.2, 0) is 9.59 Å². The molecular weight excluding hydrogens is 552 g/mol. The second kappa shape index (κ2) is 13.7. The van der Waals surface area contributed by atoms with Gasteiger partial charge in [0.25, 0.3) is 11.8 Å².